The van der Waals surface area contributed by atoms with E-state index < -0.39 is 17.9 Å². The molecule has 0 spiro atoms. The van der Waals surface area contributed by atoms with E-state index in [4.69, 9.17) is 11.5 Å². The highest BCUT2D eigenvalue weighted by molar-refractivity contribution is 5.81. The molecule has 0 saturated carbocycles. The summed E-state index contributed by atoms with van der Waals surface area (Å²) in [6.07, 6.45) is 0.395. The van der Waals surface area contributed by atoms with E-state index in [0.717, 1.165) is 5.56 Å². The summed E-state index contributed by atoms with van der Waals surface area (Å²) in [5.41, 5.74) is 13.5. The predicted molar refractivity (Wildman–Crippen MR) is 61.4 cm³/mol. The molecule has 1 aromatic carbocycles. The molecular formula is C11H15N3O3. The molecule has 6 nitrogen and oxygen atoms in total. The van der Waals surface area contributed by atoms with Gasteiger partial charge in [-0.3, -0.25) is 14.4 Å². The molecule has 1 aromatic rings. The fourth-order valence-electron chi connectivity index (χ4n) is 1.21. The molecule has 0 radical (unpaired) electrons. The standard InChI is InChI=1S/C11H15N3O3/c12-9(6-8-4-2-1-3-5-8)11(16)14-17-7-10(13)15/h1-5,9H,6-7,12H2,(H2,13,15)(H,14,16)/t9-/m1/s1. The van der Waals surface area contributed by atoms with Crippen LogP contribution in [0.4, 0.5) is 0 Å². The van der Waals surface area contributed by atoms with E-state index in [1.54, 1.807) is 0 Å². The van der Waals surface area contributed by atoms with Crippen molar-refractivity contribution in [2.24, 2.45) is 11.5 Å². The van der Waals surface area contributed by atoms with Gasteiger partial charge >= 0.3 is 0 Å². The lowest BCUT2D eigenvalue weighted by Crippen LogP contribution is -2.43. The normalized spacial score (nSPS) is 11.8. The minimum atomic E-state index is -0.731. The molecule has 6 heteroatoms. The largest absolute Gasteiger partial charge is 0.368 e. The van der Waals surface area contributed by atoms with E-state index in [2.05, 4.69) is 10.3 Å². The highest BCUT2D eigenvalue weighted by atomic mass is 16.7. The second-order valence-electron chi connectivity index (χ2n) is 3.52. The molecule has 17 heavy (non-hydrogen) atoms. The Morgan fingerprint density at radius 2 is 1.94 bits per heavy atom. The van der Waals surface area contributed by atoms with Crippen molar-refractivity contribution in [2.75, 3.05) is 6.61 Å². The van der Waals surface area contributed by atoms with Gasteiger partial charge in [-0.1, -0.05) is 30.3 Å². The molecule has 0 bridgehead atoms. The first-order valence-electron chi connectivity index (χ1n) is 5.09. The van der Waals surface area contributed by atoms with Gasteiger partial charge in [0.05, 0.1) is 6.04 Å². The molecule has 0 heterocycles. The van der Waals surface area contributed by atoms with E-state index in [9.17, 15) is 9.59 Å². The molecule has 0 aliphatic heterocycles. The van der Waals surface area contributed by atoms with Gasteiger partial charge in [-0.25, -0.2) is 5.48 Å². The summed E-state index contributed by atoms with van der Waals surface area (Å²) >= 11 is 0. The summed E-state index contributed by atoms with van der Waals surface area (Å²) in [7, 11) is 0. The maximum atomic E-state index is 11.4. The zero-order chi connectivity index (χ0) is 12.7. The summed E-state index contributed by atoms with van der Waals surface area (Å²) < 4.78 is 0. The Bertz CT molecular complexity index is 381. The number of carbonyl (C=O) groups excluding carboxylic acids is 2. The van der Waals surface area contributed by atoms with Gasteiger partial charge < -0.3 is 11.5 Å². The maximum Gasteiger partial charge on any atom is 0.260 e. The number of amides is 2. The van der Waals surface area contributed by atoms with Crippen LogP contribution in [-0.2, 0) is 20.8 Å². The number of hydroxylamine groups is 1. The lowest BCUT2D eigenvalue weighted by atomic mass is 10.1. The van der Waals surface area contributed by atoms with Crippen molar-refractivity contribution in [3.05, 3.63) is 35.9 Å². The number of benzene rings is 1. The van der Waals surface area contributed by atoms with Gasteiger partial charge in [-0.05, 0) is 12.0 Å². The van der Waals surface area contributed by atoms with Crippen LogP contribution in [0.3, 0.4) is 0 Å². The Balaban J connectivity index is 2.34. The quantitative estimate of drug-likeness (QED) is 0.556. The van der Waals surface area contributed by atoms with E-state index in [0.29, 0.717) is 6.42 Å². The smallest absolute Gasteiger partial charge is 0.260 e. The van der Waals surface area contributed by atoms with Crippen LogP contribution >= 0.6 is 0 Å². The Hall–Kier alpha value is -1.92. The van der Waals surface area contributed by atoms with Crippen LogP contribution in [0, 0.1) is 0 Å². The third-order valence-corrected chi connectivity index (χ3v) is 2.02. The molecule has 5 N–H and O–H groups in total. The summed E-state index contributed by atoms with van der Waals surface area (Å²) in [4.78, 5) is 26.3. The van der Waals surface area contributed by atoms with Crippen molar-refractivity contribution in [1.29, 1.82) is 0 Å². The van der Waals surface area contributed by atoms with E-state index in [1.165, 1.54) is 0 Å². The van der Waals surface area contributed by atoms with E-state index in [-0.39, 0.29) is 6.61 Å². The van der Waals surface area contributed by atoms with Crippen LogP contribution in [0.5, 0.6) is 0 Å². The third-order valence-electron chi connectivity index (χ3n) is 2.02. The van der Waals surface area contributed by atoms with Gasteiger partial charge in [0.25, 0.3) is 5.91 Å². The zero-order valence-electron chi connectivity index (χ0n) is 9.26. The highest BCUT2D eigenvalue weighted by Gasteiger charge is 2.14. The molecular weight excluding hydrogens is 222 g/mol. The van der Waals surface area contributed by atoms with E-state index >= 15 is 0 Å². The minimum absolute atomic E-state index is 0.371. The fraction of sp³-hybridized carbons (Fsp3) is 0.273. The van der Waals surface area contributed by atoms with Crippen LogP contribution < -0.4 is 16.9 Å². The number of hydrogen-bond acceptors (Lipinski definition) is 4. The first-order valence-corrected chi connectivity index (χ1v) is 5.09. The number of hydrogen-bond donors (Lipinski definition) is 3. The molecule has 92 valence electrons. The van der Waals surface area contributed by atoms with E-state index in [1.807, 2.05) is 30.3 Å². The topological polar surface area (TPSA) is 107 Å². The SMILES string of the molecule is NC(=O)CONC(=O)[C@H](N)Cc1ccccc1. The molecule has 0 saturated heterocycles. The maximum absolute atomic E-state index is 11.4. The Labute approximate surface area is 98.9 Å². The molecule has 1 rings (SSSR count). The minimum Gasteiger partial charge on any atom is -0.368 e. The summed E-state index contributed by atoms with van der Waals surface area (Å²) in [5, 5.41) is 0. The number of carbonyl (C=O) groups is 2. The lowest BCUT2D eigenvalue weighted by molar-refractivity contribution is -0.138. The van der Waals surface area contributed by atoms with Crippen LogP contribution in [0.25, 0.3) is 0 Å². The van der Waals surface area contributed by atoms with Crippen molar-refractivity contribution in [1.82, 2.24) is 5.48 Å². The Morgan fingerprint density at radius 1 is 1.29 bits per heavy atom. The average molecular weight is 237 g/mol. The molecule has 1 atom stereocenters. The predicted octanol–water partition coefficient (Wildman–Crippen LogP) is -0.910. The Kier molecular flexibility index (Phi) is 5.12. The van der Waals surface area contributed by atoms with Crippen LogP contribution in [0.1, 0.15) is 5.56 Å². The highest BCUT2D eigenvalue weighted by Crippen LogP contribution is 2.01. The van der Waals surface area contributed by atoms with Crippen LogP contribution in [0.15, 0.2) is 30.3 Å². The average Bonchev–Trinajstić information content (AvgIpc) is 2.29. The second-order valence-corrected chi connectivity index (χ2v) is 3.52. The lowest BCUT2D eigenvalue weighted by Gasteiger charge is -2.11. The zero-order valence-corrected chi connectivity index (χ0v) is 9.26. The van der Waals surface area contributed by atoms with Gasteiger partial charge in [-0.2, -0.15) is 0 Å². The molecule has 0 aliphatic rings. The summed E-state index contributed by atoms with van der Waals surface area (Å²) in [6.45, 7) is -0.371. The Morgan fingerprint density at radius 3 is 2.53 bits per heavy atom. The molecule has 0 aromatic heterocycles. The monoisotopic (exact) mass is 237 g/mol. The van der Waals surface area contributed by atoms with Crippen molar-refractivity contribution in [3.8, 4) is 0 Å². The number of nitrogens with one attached hydrogen (secondary N) is 1. The fourth-order valence-corrected chi connectivity index (χ4v) is 1.21. The summed E-state index contributed by atoms with van der Waals surface area (Å²) in [6, 6.07) is 8.62. The van der Waals surface area contributed by atoms with Crippen molar-refractivity contribution >= 4 is 11.8 Å². The van der Waals surface area contributed by atoms with Crippen molar-refractivity contribution < 1.29 is 14.4 Å². The molecule has 0 aliphatic carbocycles. The van der Waals surface area contributed by atoms with Crippen molar-refractivity contribution in [3.63, 3.8) is 0 Å². The van der Waals surface area contributed by atoms with Gasteiger partial charge in [-0.15, -0.1) is 0 Å². The first kappa shape index (κ1) is 13.1. The van der Waals surface area contributed by atoms with Gasteiger partial charge in [0.15, 0.2) is 6.61 Å². The molecule has 2 amide bonds. The summed E-state index contributed by atoms with van der Waals surface area (Å²) in [5.74, 6) is -1.16. The number of nitrogens with two attached hydrogens (primary N) is 2. The van der Waals surface area contributed by atoms with Crippen LogP contribution in [-0.4, -0.2) is 24.5 Å². The second kappa shape index (κ2) is 6.62. The number of primary amides is 1. The first-order chi connectivity index (χ1) is 8.09. The van der Waals surface area contributed by atoms with Gasteiger partial charge in [0, 0.05) is 0 Å². The van der Waals surface area contributed by atoms with Gasteiger partial charge in [0.2, 0.25) is 5.91 Å². The van der Waals surface area contributed by atoms with Crippen LogP contribution in [0.2, 0.25) is 0 Å². The molecule has 0 fully saturated rings. The number of rotatable bonds is 6. The van der Waals surface area contributed by atoms with Crippen molar-refractivity contribution in [2.45, 2.75) is 12.5 Å². The van der Waals surface area contributed by atoms with Gasteiger partial charge in [0.1, 0.15) is 0 Å². The molecule has 0 unspecified atom stereocenters. The third kappa shape index (κ3) is 5.10.